The van der Waals surface area contributed by atoms with Gasteiger partial charge in [-0.25, -0.2) is 0 Å². The first kappa shape index (κ1) is 15.8. The van der Waals surface area contributed by atoms with Crippen molar-refractivity contribution >= 4 is 0 Å². The van der Waals surface area contributed by atoms with Crippen LogP contribution in [0.2, 0.25) is 0 Å². The standard InChI is InChI=1S/C16H27NO2/c1-6-18-15-9-8-14(10-16(15)19-7-2)13(4)12(3)11-17-5/h8-10,12-13,17H,6-7,11H2,1-5H3. The third kappa shape index (κ3) is 4.43. The number of hydrogen-bond donors (Lipinski definition) is 1. The predicted octanol–water partition coefficient (Wildman–Crippen LogP) is 3.44. The van der Waals surface area contributed by atoms with E-state index in [-0.39, 0.29) is 0 Å². The van der Waals surface area contributed by atoms with E-state index in [1.54, 1.807) is 0 Å². The molecule has 108 valence electrons. The maximum absolute atomic E-state index is 5.68. The summed E-state index contributed by atoms with van der Waals surface area (Å²) in [7, 11) is 1.99. The summed E-state index contributed by atoms with van der Waals surface area (Å²) in [6.45, 7) is 10.8. The van der Waals surface area contributed by atoms with Crippen LogP contribution < -0.4 is 14.8 Å². The van der Waals surface area contributed by atoms with Crippen molar-refractivity contribution in [3.05, 3.63) is 23.8 Å². The lowest BCUT2D eigenvalue weighted by molar-refractivity contribution is 0.287. The van der Waals surface area contributed by atoms with Crippen molar-refractivity contribution in [2.24, 2.45) is 5.92 Å². The van der Waals surface area contributed by atoms with Crippen LogP contribution in [0, 0.1) is 5.92 Å². The third-order valence-electron chi connectivity index (χ3n) is 3.47. The number of ether oxygens (including phenoxy) is 2. The van der Waals surface area contributed by atoms with E-state index in [1.807, 2.05) is 27.0 Å². The molecule has 0 saturated carbocycles. The Balaban J connectivity index is 2.93. The average molecular weight is 265 g/mol. The number of benzene rings is 1. The lowest BCUT2D eigenvalue weighted by atomic mass is 9.88. The van der Waals surface area contributed by atoms with E-state index in [4.69, 9.17) is 9.47 Å². The molecule has 2 atom stereocenters. The van der Waals surface area contributed by atoms with Crippen LogP contribution in [-0.2, 0) is 0 Å². The normalized spacial score (nSPS) is 13.9. The SMILES string of the molecule is CCOc1ccc(C(C)C(C)CNC)cc1OCC. The molecule has 19 heavy (non-hydrogen) atoms. The Morgan fingerprint density at radius 1 is 1.05 bits per heavy atom. The van der Waals surface area contributed by atoms with E-state index < -0.39 is 0 Å². The number of hydrogen-bond acceptors (Lipinski definition) is 3. The molecule has 0 saturated heterocycles. The molecule has 0 aliphatic rings. The minimum absolute atomic E-state index is 0.488. The van der Waals surface area contributed by atoms with Gasteiger partial charge in [-0.1, -0.05) is 19.9 Å². The van der Waals surface area contributed by atoms with Gasteiger partial charge < -0.3 is 14.8 Å². The van der Waals surface area contributed by atoms with Gasteiger partial charge >= 0.3 is 0 Å². The summed E-state index contributed by atoms with van der Waals surface area (Å²) in [5.74, 6) is 2.76. The second-order valence-electron chi connectivity index (χ2n) is 4.90. The van der Waals surface area contributed by atoms with Gasteiger partial charge in [0.05, 0.1) is 13.2 Å². The highest BCUT2D eigenvalue weighted by atomic mass is 16.5. The van der Waals surface area contributed by atoms with Gasteiger partial charge in [-0.3, -0.25) is 0 Å². The van der Waals surface area contributed by atoms with Crippen LogP contribution in [-0.4, -0.2) is 26.8 Å². The molecule has 0 aliphatic carbocycles. The maximum atomic E-state index is 5.68. The smallest absolute Gasteiger partial charge is 0.161 e. The molecule has 0 spiro atoms. The molecule has 3 heteroatoms. The molecule has 0 heterocycles. The summed E-state index contributed by atoms with van der Waals surface area (Å²) >= 11 is 0. The van der Waals surface area contributed by atoms with Crippen LogP contribution in [0.4, 0.5) is 0 Å². The molecule has 2 unspecified atom stereocenters. The summed E-state index contributed by atoms with van der Waals surface area (Å²) in [6.07, 6.45) is 0. The van der Waals surface area contributed by atoms with Gasteiger partial charge in [0.2, 0.25) is 0 Å². The third-order valence-corrected chi connectivity index (χ3v) is 3.47. The maximum Gasteiger partial charge on any atom is 0.161 e. The zero-order chi connectivity index (χ0) is 14.3. The fourth-order valence-corrected chi connectivity index (χ4v) is 2.18. The second-order valence-corrected chi connectivity index (χ2v) is 4.90. The quantitative estimate of drug-likeness (QED) is 0.781. The highest BCUT2D eigenvalue weighted by Crippen LogP contribution is 2.33. The van der Waals surface area contributed by atoms with E-state index in [2.05, 4.69) is 31.3 Å². The lowest BCUT2D eigenvalue weighted by Crippen LogP contribution is -2.20. The van der Waals surface area contributed by atoms with Crippen LogP contribution >= 0.6 is 0 Å². The summed E-state index contributed by atoms with van der Waals surface area (Å²) in [5.41, 5.74) is 1.30. The fraction of sp³-hybridized carbons (Fsp3) is 0.625. The van der Waals surface area contributed by atoms with E-state index in [9.17, 15) is 0 Å². The van der Waals surface area contributed by atoms with Gasteiger partial charge in [0.1, 0.15) is 0 Å². The monoisotopic (exact) mass is 265 g/mol. The molecule has 0 aliphatic heterocycles. The summed E-state index contributed by atoms with van der Waals surface area (Å²) in [4.78, 5) is 0. The summed E-state index contributed by atoms with van der Waals surface area (Å²) in [6, 6.07) is 6.28. The highest BCUT2D eigenvalue weighted by molar-refractivity contribution is 5.44. The van der Waals surface area contributed by atoms with Gasteiger partial charge in [-0.15, -0.1) is 0 Å². The van der Waals surface area contributed by atoms with Gasteiger partial charge in [-0.2, -0.15) is 0 Å². The molecule has 0 fully saturated rings. The fourth-order valence-electron chi connectivity index (χ4n) is 2.18. The predicted molar refractivity (Wildman–Crippen MR) is 80.3 cm³/mol. The van der Waals surface area contributed by atoms with Crippen molar-refractivity contribution in [3.63, 3.8) is 0 Å². The lowest BCUT2D eigenvalue weighted by Gasteiger charge is -2.21. The molecule has 0 amide bonds. The van der Waals surface area contributed by atoms with Crippen molar-refractivity contribution in [1.82, 2.24) is 5.32 Å². The first-order valence-corrected chi connectivity index (χ1v) is 7.18. The van der Waals surface area contributed by atoms with E-state index in [0.717, 1.165) is 18.0 Å². The Kier molecular flexibility index (Phi) is 6.71. The molecule has 0 bridgehead atoms. The Hall–Kier alpha value is -1.22. The minimum Gasteiger partial charge on any atom is -0.490 e. The van der Waals surface area contributed by atoms with Crippen molar-refractivity contribution in [2.45, 2.75) is 33.6 Å². The van der Waals surface area contributed by atoms with Gasteiger partial charge in [0, 0.05) is 0 Å². The molecular weight excluding hydrogens is 238 g/mol. The van der Waals surface area contributed by atoms with Gasteiger partial charge in [0.15, 0.2) is 11.5 Å². The van der Waals surface area contributed by atoms with E-state index in [0.29, 0.717) is 25.0 Å². The van der Waals surface area contributed by atoms with Crippen LogP contribution in [0.25, 0.3) is 0 Å². The molecule has 0 aromatic heterocycles. The van der Waals surface area contributed by atoms with Crippen molar-refractivity contribution in [1.29, 1.82) is 0 Å². The van der Waals surface area contributed by atoms with Gasteiger partial charge in [0.25, 0.3) is 0 Å². The molecular formula is C16H27NO2. The Morgan fingerprint density at radius 2 is 1.68 bits per heavy atom. The Morgan fingerprint density at radius 3 is 2.26 bits per heavy atom. The highest BCUT2D eigenvalue weighted by Gasteiger charge is 2.16. The van der Waals surface area contributed by atoms with Crippen molar-refractivity contribution in [2.75, 3.05) is 26.8 Å². The van der Waals surface area contributed by atoms with Crippen LogP contribution in [0.5, 0.6) is 11.5 Å². The van der Waals surface area contributed by atoms with Crippen LogP contribution in [0.3, 0.4) is 0 Å². The summed E-state index contributed by atoms with van der Waals surface area (Å²) in [5, 5.41) is 3.23. The summed E-state index contributed by atoms with van der Waals surface area (Å²) < 4.78 is 11.3. The first-order valence-electron chi connectivity index (χ1n) is 7.18. The number of rotatable bonds is 8. The minimum atomic E-state index is 0.488. The molecule has 0 radical (unpaired) electrons. The molecule has 1 N–H and O–H groups in total. The van der Waals surface area contributed by atoms with Crippen LogP contribution in [0.15, 0.2) is 18.2 Å². The molecule has 1 aromatic carbocycles. The zero-order valence-corrected chi connectivity index (χ0v) is 12.8. The molecule has 3 nitrogen and oxygen atoms in total. The molecule has 1 aromatic rings. The Bertz CT molecular complexity index is 379. The van der Waals surface area contributed by atoms with Gasteiger partial charge in [-0.05, 0) is 57.0 Å². The topological polar surface area (TPSA) is 30.5 Å². The second kappa shape index (κ2) is 8.05. The van der Waals surface area contributed by atoms with Crippen LogP contribution in [0.1, 0.15) is 39.2 Å². The number of nitrogens with one attached hydrogen (secondary N) is 1. The van der Waals surface area contributed by atoms with Crippen molar-refractivity contribution in [3.8, 4) is 11.5 Å². The average Bonchev–Trinajstić information content (AvgIpc) is 2.40. The van der Waals surface area contributed by atoms with E-state index in [1.165, 1.54) is 5.56 Å². The van der Waals surface area contributed by atoms with Crippen molar-refractivity contribution < 1.29 is 9.47 Å². The van der Waals surface area contributed by atoms with E-state index >= 15 is 0 Å². The largest absolute Gasteiger partial charge is 0.490 e. The zero-order valence-electron chi connectivity index (χ0n) is 12.8. The first-order chi connectivity index (χ1) is 9.13. The molecule has 1 rings (SSSR count). The Labute approximate surface area is 117 Å².